The standard InChI is InChI=1S/C27H30N4O4/c1-6-17-10-9-11-18(7-2)23(17)28-26(32)21(8-3)31-27(33)25-22(16(4)35-30-25)24(29-31)19-12-14-20(34-5)15-13-19/h9-15,21H,6-8H2,1-5H3,(H,28,32). The molecule has 0 spiro atoms. The minimum absolute atomic E-state index is 0.151. The number of fused-ring (bicyclic) bond motifs is 1. The summed E-state index contributed by atoms with van der Waals surface area (Å²) in [5.41, 5.74) is 3.88. The molecule has 1 unspecified atom stereocenters. The molecule has 4 rings (SSSR count). The number of aryl methyl sites for hydroxylation is 3. The number of aromatic nitrogens is 3. The van der Waals surface area contributed by atoms with Crippen molar-refractivity contribution in [3.05, 3.63) is 69.7 Å². The third kappa shape index (κ3) is 4.43. The van der Waals surface area contributed by atoms with Crippen LogP contribution in [0.15, 0.2) is 51.8 Å². The Morgan fingerprint density at radius 3 is 2.31 bits per heavy atom. The van der Waals surface area contributed by atoms with Gasteiger partial charge in [-0.25, -0.2) is 4.68 Å². The monoisotopic (exact) mass is 474 g/mol. The first-order valence-electron chi connectivity index (χ1n) is 11.9. The van der Waals surface area contributed by atoms with E-state index in [1.54, 1.807) is 14.0 Å². The number of carbonyl (C=O) groups excluding carboxylic acids is 1. The second-order valence-electron chi connectivity index (χ2n) is 8.36. The lowest BCUT2D eigenvalue weighted by Gasteiger charge is -2.20. The molecule has 0 aliphatic heterocycles. The maximum Gasteiger partial charge on any atom is 0.297 e. The van der Waals surface area contributed by atoms with E-state index in [2.05, 4.69) is 29.4 Å². The maximum atomic E-state index is 13.5. The Hall–Kier alpha value is -3.94. The minimum atomic E-state index is -0.824. The number of hydrogen-bond donors (Lipinski definition) is 1. The highest BCUT2D eigenvalue weighted by molar-refractivity contribution is 5.96. The molecule has 0 saturated carbocycles. The number of methoxy groups -OCH3 is 1. The van der Waals surface area contributed by atoms with Gasteiger partial charge < -0.3 is 14.6 Å². The molecular weight excluding hydrogens is 444 g/mol. The van der Waals surface area contributed by atoms with E-state index >= 15 is 0 Å². The summed E-state index contributed by atoms with van der Waals surface area (Å²) < 4.78 is 11.9. The number of rotatable bonds is 8. The number of amides is 1. The van der Waals surface area contributed by atoms with Crippen LogP contribution in [0.25, 0.3) is 22.2 Å². The van der Waals surface area contributed by atoms with Crippen molar-refractivity contribution >= 4 is 22.5 Å². The molecule has 0 aliphatic rings. The number of hydrogen-bond acceptors (Lipinski definition) is 6. The third-order valence-corrected chi connectivity index (χ3v) is 6.31. The van der Waals surface area contributed by atoms with Gasteiger partial charge in [0.25, 0.3) is 5.56 Å². The molecule has 1 N–H and O–H groups in total. The molecule has 2 aromatic heterocycles. The lowest BCUT2D eigenvalue weighted by Crippen LogP contribution is -2.35. The lowest BCUT2D eigenvalue weighted by molar-refractivity contribution is -0.119. The van der Waals surface area contributed by atoms with Gasteiger partial charge in [-0.3, -0.25) is 9.59 Å². The number of carbonyl (C=O) groups is 1. The van der Waals surface area contributed by atoms with Gasteiger partial charge in [-0.1, -0.05) is 44.1 Å². The van der Waals surface area contributed by atoms with Crippen LogP contribution in [0.5, 0.6) is 5.75 Å². The fourth-order valence-corrected chi connectivity index (χ4v) is 4.35. The first kappa shape index (κ1) is 24.2. The summed E-state index contributed by atoms with van der Waals surface area (Å²) in [5, 5.41) is 12.3. The van der Waals surface area contributed by atoms with Crippen molar-refractivity contribution in [3.63, 3.8) is 0 Å². The Kier molecular flexibility index (Phi) is 7.00. The van der Waals surface area contributed by atoms with Crippen LogP contribution in [-0.4, -0.2) is 28.0 Å². The summed E-state index contributed by atoms with van der Waals surface area (Å²) >= 11 is 0. The summed E-state index contributed by atoms with van der Waals surface area (Å²) in [6.07, 6.45) is 1.94. The fourth-order valence-electron chi connectivity index (χ4n) is 4.35. The molecule has 0 aliphatic carbocycles. The van der Waals surface area contributed by atoms with Crippen molar-refractivity contribution in [2.75, 3.05) is 12.4 Å². The van der Waals surface area contributed by atoms with E-state index in [-0.39, 0.29) is 11.4 Å². The molecule has 8 nitrogen and oxygen atoms in total. The Balaban J connectivity index is 1.83. The highest BCUT2D eigenvalue weighted by Crippen LogP contribution is 2.30. The summed E-state index contributed by atoms with van der Waals surface area (Å²) in [6, 6.07) is 12.5. The number of nitrogens with one attached hydrogen (secondary N) is 1. The van der Waals surface area contributed by atoms with Gasteiger partial charge in [-0.05, 0) is 61.6 Å². The first-order valence-corrected chi connectivity index (χ1v) is 11.9. The van der Waals surface area contributed by atoms with Crippen LogP contribution in [0.2, 0.25) is 0 Å². The molecule has 0 fully saturated rings. The van der Waals surface area contributed by atoms with Crippen molar-refractivity contribution in [2.24, 2.45) is 0 Å². The molecule has 2 aromatic carbocycles. The van der Waals surface area contributed by atoms with Crippen molar-refractivity contribution < 1.29 is 14.1 Å². The van der Waals surface area contributed by atoms with Crippen LogP contribution >= 0.6 is 0 Å². The van der Waals surface area contributed by atoms with E-state index in [1.165, 1.54) is 4.68 Å². The van der Waals surface area contributed by atoms with Gasteiger partial charge in [0.1, 0.15) is 23.2 Å². The second-order valence-corrected chi connectivity index (χ2v) is 8.36. The lowest BCUT2D eigenvalue weighted by atomic mass is 10.0. The Labute approximate surface area is 203 Å². The Bertz CT molecular complexity index is 1400. The summed E-state index contributed by atoms with van der Waals surface area (Å²) in [4.78, 5) is 26.9. The first-order chi connectivity index (χ1) is 16.9. The summed E-state index contributed by atoms with van der Waals surface area (Å²) in [5.74, 6) is 0.898. The molecule has 1 amide bonds. The largest absolute Gasteiger partial charge is 0.497 e. The Morgan fingerprint density at radius 2 is 1.74 bits per heavy atom. The number of para-hydroxylation sites is 1. The van der Waals surface area contributed by atoms with Gasteiger partial charge >= 0.3 is 0 Å². The number of anilines is 1. The molecule has 4 aromatic rings. The van der Waals surface area contributed by atoms with Crippen LogP contribution < -0.4 is 15.6 Å². The molecule has 0 saturated heterocycles. The predicted molar refractivity (Wildman–Crippen MR) is 136 cm³/mol. The fraction of sp³-hybridized carbons (Fsp3) is 0.333. The van der Waals surface area contributed by atoms with Crippen LogP contribution in [-0.2, 0) is 17.6 Å². The Morgan fingerprint density at radius 1 is 1.09 bits per heavy atom. The van der Waals surface area contributed by atoms with Crippen LogP contribution in [0.3, 0.4) is 0 Å². The minimum Gasteiger partial charge on any atom is -0.497 e. The van der Waals surface area contributed by atoms with E-state index in [9.17, 15) is 9.59 Å². The zero-order valence-electron chi connectivity index (χ0n) is 20.7. The average molecular weight is 475 g/mol. The van der Waals surface area contributed by atoms with E-state index in [4.69, 9.17) is 9.26 Å². The van der Waals surface area contributed by atoms with Gasteiger partial charge in [-0.2, -0.15) is 5.10 Å². The smallest absolute Gasteiger partial charge is 0.297 e. The van der Waals surface area contributed by atoms with Gasteiger partial charge in [0.2, 0.25) is 5.91 Å². The zero-order chi connectivity index (χ0) is 25.1. The molecule has 35 heavy (non-hydrogen) atoms. The summed E-state index contributed by atoms with van der Waals surface area (Å²) in [6.45, 7) is 7.70. The van der Waals surface area contributed by atoms with Gasteiger partial charge in [-0.15, -0.1) is 0 Å². The summed E-state index contributed by atoms with van der Waals surface area (Å²) in [7, 11) is 1.60. The second kappa shape index (κ2) is 10.1. The predicted octanol–water partition coefficient (Wildman–Crippen LogP) is 5.08. The van der Waals surface area contributed by atoms with Crippen molar-refractivity contribution in [1.29, 1.82) is 0 Å². The third-order valence-electron chi connectivity index (χ3n) is 6.31. The van der Waals surface area contributed by atoms with E-state index < -0.39 is 11.6 Å². The number of benzene rings is 2. The number of nitrogens with zero attached hydrogens (tertiary/aromatic N) is 3. The van der Waals surface area contributed by atoms with Crippen molar-refractivity contribution in [1.82, 2.24) is 14.9 Å². The van der Waals surface area contributed by atoms with Crippen LogP contribution in [0.1, 0.15) is 50.1 Å². The normalized spacial score (nSPS) is 12.0. The van der Waals surface area contributed by atoms with Crippen LogP contribution in [0.4, 0.5) is 5.69 Å². The highest BCUT2D eigenvalue weighted by Gasteiger charge is 2.27. The van der Waals surface area contributed by atoms with E-state index in [1.807, 2.05) is 49.4 Å². The quantitative estimate of drug-likeness (QED) is 0.382. The van der Waals surface area contributed by atoms with Gasteiger partial charge in [0, 0.05) is 11.3 Å². The SMILES string of the molecule is CCc1cccc(CC)c1NC(=O)C(CC)n1nc(-c2ccc(OC)cc2)c2c(C)onc2c1=O. The highest BCUT2D eigenvalue weighted by atomic mass is 16.5. The van der Waals surface area contributed by atoms with Gasteiger partial charge in [0.05, 0.1) is 12.5 Å². The molecule has 0 radical (unpaired) electrons. The van der Waals surface area contributed by atoms with Crippen LogP contribution in [0, 0.1) is 6.92 Å². The van der Waals surface area contributed by atoms with Gasteiger partial charge in [0.15, 0.2) is 5.52 Å². The van der Waals surface area contributed by atoms with E-state index in [0.717, 1.165) is 35.2 Å². The molecule has 1 atom stereocenters. The van der Waals surface area contributed by atoms with Crippen molar-refractivity contribution in [2.45, 2.75) is 53.0 Å². The molecule has 0 bridgehead atoms. The molecular formula is C27H30N4O4. The topological polar surface area (TPSA) is 99.2 Å². The maximum absolute atomic E-state index is 13.5. The zero-order valence-corrected chi connectivity index (χ0v) is 20.7. The van der Waals surface area contributed by atoms with Crippen molar-refractivity contribution in [3.8, 4) is 17.0 Å². The van der Waals surface area contributed by atoms with E-state index in [0.29, 0.717) is 29.0 Å². The molecule has 8 heteroatoms. The molecule has 2 heterocycles. The molecule has 182 valence electrons. The number of ether oxygens (including phenoxy) is 1. The average Bonchev–Trinajstić information content (AvgIpc) is 3.28.